The summed E-state index contributed by atoms with van der Waals surface area (Å²) in [6.07, 6.45) is 2.35. The van der Waals surface area contributed by atoms with Gasteiger partial charge in [-0.15, -0.1) is 0 Å². The van der Waals surface area contributed by atoms with Gasteiger partial charge in [0.15, 0.2) is 11.5 Å². The van der Waals surface area contributed by atoms with Crippen LogP contribution in [-0.2, 0) is 0 Å². The molecule has 21 heavy (non-hydrogen) atoms. The Kier molecular flexibility index (Phi) is 7.52. The zero-order chi connectivity index (χ0) is 15.8. The number of nitrogens with one attached hydrogen (secondary N) is 1. The van der Waals surface area contributed by atoms with Gasteiger partial charge in [0.05, 0.1) is 23.9 Å². The van der Waals surface area contributed by atoms with E-state index in [0.29, 0.717) is 30.3 Å². The van der Waals surface area contributed by atoms with Gasteiger partial charge in [0, 0.05) is 10.0 Å². The molecule has 1 aromatic rings. The maximum atomic E-state index is 10.6. The lowest BCUT2D eigenvalue weighted by molar-refractivity contribution is 0.249. The Bertz CT molecular complexity index is 536. The molecule has 8 heteroatoms. The van der Waals surface area contributed by atoms with Crippen LogP contribution in [0.3, 0.4) is 0 Å². The molecule has 0 aliphatic rings. The van der Waals surface area contributed by atoms with Crippen molar-refractivity contribution >= 4 is 44.1 Å². The van der Waals surface area contributed by atoms with Crippen molar-refractivity contribution in [2.24, 2.45) is 10.8 Å². The number of hydrogen-bond donors (Lipinski definition) is 2. The lowest BCUT2D eigenvalue weighted by Gasteiger charge is -2.15. The smallest absolute Gasteiger partial charge is 0.332 e. The Morgan fingerprint density at radius 2 is 2.10 bits per heavy atom. The molecule has 0 aliphatic heterocycles. The molecule has 0 atom stereocenters. The lowest BCUT2D eigenvalue weighted by atomic mass is 10.2. The summed E-state index contributed by atoms with van der Waals surface area (Å²) in [5.74, 6) is 1.23. The van der Waals surface area contributed by atoms with Crippen molar-refractivity contribution < 1.29 is 14.3 Å². The minimum Gasteiger partial charge on any atom is -0.490 e. The van der Waals surface area contributed by atoms with Gasteiger partial charge in [0.1, 0.15) is 0 Å². The Labute approximate surface area is 140 Å². The molecular formula is C13H17Br2N3O3. The normalized spacial score (nSPS) is 10.7. The average molecular weight is 423 g/mol. The fraction of sp³-hybridized carbons (Fsp3) is 0.385. The molecule has 6 nitrogen and oxygen atoms in total. The maximum Gasteiger partial charge on any atom is 0.332 e. The third-order valence-corrected chi connectivity index (χ3v) is 4.43. The van der Waals surface area contributed by atoms with Crippen LogP contribution >= 0.6 is 31.9 Å². The zero-order valence-corrected chi connectivity index (χ0v) is 15.0. The Morgan fingerprint density at radius 1 is 1.38 bits per heavy atom. The van der Waals surface area contributed by atoms with Crippen LogP contribution < -0.4 is 20.6 Å². The van der Waals surface area contributed by atoms with Gasteiger partial charge in [0.2, 0.25) is 0 Å². The highest BCUT2D eigenvalue weighted by Crippen LogP contribution is 2.42. The van der Waals surface area contributed by atoms with Gasteiger partial charge < -0.3 is 15.2 Å². The largest absolute Gasteiger partial charge is 0.490 e. The average Bonchev–Trinajstić information content (AvgIpc) is 2.43. The SMILES string of the molecule is CCCOc1c(OCC)cc(C=NNC(N)=O)c(Br)c1Br. The maximum absolute atomic E-state index is 10.6. The van der Waals surface area contributed by atoms with Crippen molar-refractivity contribution in [3.63, 3.8) is 0 Å². The molecule has 0 saturated heterocycles. The van der Waals surface area contributed by atoms with E-state index in [0.717, 1.165) is 15.4 Å². The minimum absolute atomic E-state index is 0.507. The van der Waals surface area contributed by atoms with E-state index in [1.54, 1.807) is 6.07 Å². The van der Waals surface area contributed by atoms with E-state index >= 15 is 0 Å². The number of nitrogens with two attached hydrogens (primary N) is 1. The molecule has 3 N–H and O–H groups in total. The standard InChI is InChI=1S/C13H17Br2N3O3/c1-3-5-21-12-9(20-4-2)6-8(10(14)11(12)15)7-17-18-13(16)19/h6-7H,3-5H2,1-2H3,(H3,16,18,19). The number of hydrazone groups is 1. The van der Waals surface area contributed by atoms with Gasteiger partial charge in [-0.2, -0.15) is 5.10 Å². The van der Waals surface area contributed by atoms with E-state index in [4.69, 9.17) is 15.2 Å². The van der Waals surface area contributed by atoms with Gasteiger partial charge in [-0.3, -0.25) is 0 Å². The second kappa shape index (κ2) is 8.89. The number of ether oxygens (including phenoxy) is 2. The molecule has 0 aliphatic carbocycles. The second-order valence-corrected chi connectivity index (χ2v) is 5.52. The molecule has 0 saturated carbocycles. The molecular weight excluding hydrogens is 406 g/mol. The predicted octanol–water partition coefficient (Wildman–Crippen LogP) is 3.40. The van der Waals surface area contributed by atoms with Gasteiger partial charge in [-0.05, 0) is 51.3 Å². The topological polar surface area (TPSA) is 85.9 Å². The second-order valence-electron chi connectivity index (χ2n) is 3.94. The fourth-order valence-electron chi connectivity index (χ4n) is 1.47. The molecule has 0 unspecified atom stereocenters. The summed E-state index contributed by atoms with van der Waals surface area (Å²) in [7, 11) is 0. The van der Waals surface area contributed by atoms with E-state index in [2.05, 4.69) is 42.4 Å². The van der Waals surface area contributed by atoms with Gasteiger partial charge >= 0.3 is 6.03 Å². The van der Waals surface area contributed by atoms with E-state index in [9.17, 15) is 4.79 Å². The Hall–Kier alpha value is -1.28. The van der Waals surface area contributed by atoms with Gasteiger partial charge in [-0.25, -0.2) is 10.2 Å². The monoisotopic (exact) mass is 421 g/mol. The first-order valence-electron chi connectivity index (χ1n) is 6.37. The third kappa shape index (κ3) is 5.20. The number of amides is 2. The molecule has 116 valence electrons. The van der Waals surface area contributed by atoms with Crippen LogP contribution in [0.1, 0.15) is 25.8 Å². The number of primary amides is 1. The Morgan fingerprint density at radius 3 is 2.67 bits per heavy atom. The molecule has 0 aromatic heterocycles. The number of carbonyl (C=O) groups excluding carboxylic acids is 1. The van der Waals surface area contributed by atoms with Crippen LogP contribution in [0.25, 0.3) is 0 Å². The number of halogens is 2. The number of benzene rings is 1. The van der Waals surface area contributed by atoms with Crippen molar-refractivity contribution in [2.45, 2.75) is 20.3 Å². The number of hydrogen-bond acceptors (Lipinski definition) is 4. The van der Waals surface area contributed by atoms with Crippen molar-refractivity contribution in [2.75, 3.05) is 13.2 Å². The summed E-state index contributed by atoms with van der Waals surface area (Å²) in [5, 5.41) is 3.74. The van der Waals surface area contributed by atoms with Crippen LogP contribution in [0, 0.1) is 0 Å². The van der Waals surface area contributed by atoms with E-state index in [1.165, 1.54) is 6.21 Å². The van der Waals surface area contributed by atoms with Gasteiger partial charge in [-0.1, -0.05) is 6.92 Å². The van der Waals surface area contributed by atoms with E-state index < -0.39 is 6.03 Å². The third-order valence-electron chi connectivity index (χ3n) is 2.28. The quantitative estimate of drug-likeness (QED) is 0.521. The number of rotatable bonds is 7. The predicted molar refractivity (Wildman–Crippen MR) is 89.1 cm³/mol. The first kappa shape index (κ1) is 17.8. The summed E-state index contributed by atoms with van der Waals surface area (Å²) < 4.78 is 12.8. The van der Waals surface area contributed by atoms with Gasteiger partial charge in [0.25, 0.3) is 0 Å². The molecule has 0 spiro atoms. The molecule has 1 aromatic carbocycles. The van der Waals surface area contributed by atoms with Crippen molar-refractivity contribution in [1.29, 1.82) is 0 Å². The Balaban J connectivity index is 3.16. The first-order chi connectivity index (χ1) is 10.0. The summed E-state index contributed by atoms with van der Waals surface area (Å²) in [4.78, 5) is 10.6. The highest BCUT2D eigenvalue weighted by atomic mass is 79.9. The zero-order valence-electron chi connectivity index (χ0n) is 11.8. The number of carbonyl (C=O) groups is 1. The van der Waals surface area contributed by atoms with Crippen LogP contribution in [0.2, 0.25) is 0 Å². The van der Waals surface area contributed by atoms with Crippen molar-refractivity contribution in [3.8, 4) is 11.5 Å². The van der Waals surface area contributed by atoms with Crippen LogP contribution in [0.15, 0.2) is 20.1 Å². The molecule has 2 amide bonds. The summed E-state index contributed by atoms with van der Waals surface area (Å²) in [6, 6.07) is 1.05. The molecule has 0 bridgehead atoms. The number of urea groups is 1. The summed E-state index contributed by atoms with van der Waals surface area (Å²) in [6.45, 7) is 5.01. The molecule has 0 fully saturated rings. The van der Waals surface area contributed by atoms with Crippen molar-refractivity contribution in [3.05, 3.63) is 20.6 Å². The highest BCUT2D eigenvalue weighted by molar-refractivity contribution is 9.13. The van der Waals surface area contributed by atoms with E-state index in [1.807, 2.05) is 13.8 Å². The molecule has 0 radical (unpaired) electrons. The fourth-order valence-corrected chi connectivity index (χ4v) is 2.40. The lowest BCUT2D eigenvalue weighted by Crippen LogP contribution is -2.24. The first-order valence-corrected chi connectivity index (χ1v) is 7.95. The summed E-state index contributed by atoms with van der Waals surface area (Å²) >= 11 is 6.94. The number of nitrogens with zero attached hydrogens (tertiary/aromatic N) is 1. The van der Waals surface area contributed by atoms with Crippen LogP contribution in [0.4, 0.5) is 4.79 Å². The van der Waals surface area contributed by atoms with Crippen molar-refractivity contribution in [1.82, 2.24) is 5.43 Å². The van der Waals surface area contributed by atoms with E-state index in [-0.39, 0.29) is 0 Å². The molecule has 0 heterocycles. The minimum atomic E-state index is -0.727. The van der Waals surface area contributed by atoms with Crippen LogP contribution in [0.5, 0.6) is 11.5 Å². The van der Waals surface area contributed by atoms with Crippen LogP contribution in [-0.4, -0.2) is 25.5 Å². The highest BCUT2D eigenvalue weighted by Gasteiger charge is 2.16. The summed E-state index contributed by atoms with van der Waals surface area (Å²) in [5.41, 5.74) is 7.80. The molecule has 1 rings (SSSR count).